The Morgan fingerprint density at radius 1 is 1.35 bits per heavy atom. The van der Waals surface area contributed by atoms with Crippen molar-refractivity contribution in [2.75, 3.05) is 11.9 Å². The highest BCUT2D eigenvalue weighted by molar-refractivity contribution is 7.15. The molecule has 1 aliphatic carbocycles. The lowest BCUT2D eigenvalue weighted by molar-refractivity contribution is 0.627. The van der Waals surface area contributed by atoms with E-state index in [4.69, 9.17) is 0 Å². The summed E-state index contributed by atoms with van der Waals surface area (Å²) < 4.78 is 12.9. The molecule has 1 saturated carbocycles. The topological polar surface area (TPSA) is 28.2 Å². The lowest BCUT2D eigenvalue weighted by Crippen LogP contribution is -2.16. The van der Waals surface area contributed by atoms with Gasteiger partial charge in [-0.05, 0) is 30.5 Å². The molecule has 1 aliphatic rings. The van der Waals surface area contributed by atoms with Crippen LogP contribution in [0.5, 0.6) is 0 Å². The summed E-state index contributed by atoms with van der Waals surface area (Å²) in [6, 6.07) is 7.34. The second-order valence-corrected chi connectivity index (χ2v) is 6.34. The molecule has 3 rings (SSSR count). The van der Waals surface area contributed by atoms with E-state index in [0.717, 1.165) is 29.8 Å². The Balaban J connectivity index is 1.58. The molecule has 0 saturated heterocycles. The van der Waals surface area contributed by atoms with Crippen molar-refractivity contribution in [3.05, 3.63) is 46.7 Å². The Morgan fingerprint density at radius 2 is 2.10 bits per heavy atom. The van der Waals surface area contributed by atoms with Crippen LogP contribution in [0.4, 0.5) is 9.52 Å². The number of halogens is 1. The third-order valence-corrected chi connectivity index (χ3v) is 4.45. The molecule has 106 valence electrons. The van der Waals surface area contributed by atoms with Crippen LogP contribution in [0, 0.1) is 5.82 Å². The quantitative estimate of drug-likeness (QED) is 0.886. The van der Waals surface area contributed by atoms with E-state index in [0.29, 0.717) is 0 Å². The molecule has 1 N–H and O–H groups in total. The van der Waals surface area contributed by atoms with E-state index in [2.05, 4.69) is 15.2 Å². The summed E-state index contributed by atoms with van der Waals surface area (Å²) in [4.78, 5) is 7.82. The van der Waals surface area contributed by atoms with E-state index in [1.54, 1.807) is 11.3 Å². The molecule has 3 nitrogen and oxygen atoms in total. The van der Waals surface area contributed by atoms with Gasteiger partial charge >= 0.3 is 0 Å². The van der Waals surface area contributed by atoms with Gasteiger partial charge in [0, 0.05) is 37.3 Å². The highest BCUT2D eigenvalue weighted by Crippen LogP contribution is 2.25. The number of aromatic nitrogens is 1. The minimum absolute atomic E-state index is 0.195. The fraction of sp³-hybridized carbons (Fsp3) is 0.400. The van der Waals surface area contributed by atoms with Gasteiger partial charge in [-0.2, -0.15) is 0 Å². The molecule has 0 atom stereocenters. The summed E-state index contributed by atoms with van der Waals surface area (Å²) in [5.41, 5.74) is 1.08. The lowest BCUT2D eigenvalue weighted by atomic mass is 10.2. The van der Waals surface area contributed by atoms with E-state index in [1.165, 1.54) is 29.9 Å². The summed E-state index contributed by atoms with van der Waals surface area (Å²) in [6.45, 7) is 1.65. The largest absolute Gasteiger partial charge is 0.347 e. The van der Waals surface area contributed by atoms with Crippen LogP contribution in [-0.4, -0.2) is 18.1 Å². The number of nitrogens with zero attached hydrogens (tertiary/aromatic N) is 2. The van der Waals surface area contributed by atoms with Crippen LogP contribution in [0.25, 0.3) is 0 Å². The van der Waals surface area contributed by atoms with Gasteiger partial charge in [-0.25, -0.2) is 9.37 Å². The first-order chi connectivity index (χ1) is 9.70. The van der Waals surface area contributed by atoms with Gasteiger partial charge < -0.3 is 10.2 Å². The van der Waals surface area contributed by atoms with Gasteiger partial charge in [0.2, 0.25) is 0 Å². The number of nitrogens with one attached hydrogen (secondary N) is 1. The van der Waals surface area contributed by atoms with Gasteiger partial charge in [-0.15, -0.1) is 11.3 Å². The van der Waals surface area contributed by atoms with Gasteiger partial charge in [0.15, 0.2) is 5.13 Å². The number of thiazole rings is 1. The normalized spacial score (nSPS) is 14.5. The van der Waals surface area contributed by atoms with E-state index >= 15 is 0 Å². The van der Waals surface area contributed by atoms with E-state index in [1.807, 2.05) is 25.4 Å². The molecule has 1 fully saturated rings. The van der Waals surface area contributed by atoms with Crippen LogP contribution in [0.15, 0.2) is 30.5 Å². The smallest absolute Gasteiger partial charge is 0.185 e. The number of benzene rings is 1. The third kappa shape index (κ3) is 3.55. The van der Waals surface area contributed by atoms with Gasteiger partial charge in [0.05, 0.1) is 0 Å². The molecular formula is C15H18FN3S. The van der Waals surface area contributed by atoms with Crippen LogP contribution in [-0.2, 0) is 13.1 Å². The van der Waals surface area contributed by atoms with Crippen molar-refractivity contribution >= 4 is 16.5 Å². The standard InChI is InChI=1S/C15H18FN3S/c1-19(10-11-2-4-12(16)5-3-11)15-18-9-14(20-15)8-17-13-6-7-13/h2-5,9,13,17H,6-8,10H2,1H3. The summed E-state index contributed by atoms with van der Waals surface area (Å²) in [5.74, 6) is -0.195. The highest BCUT2D eigenvalue weighted by Gasteiger charge is 2.20. The Bertz CT molecular complexity index is 563. The monoisotopic (exact) mass is 291 g/mol. The zero-order valence-electron chi connectivity index (χ0n) is 11.5. The van der Waals surface area contributed by atoms with Gasteiger partial charge in [0.1, 0.15) is 5.82 Å². The van der Waals surface area contributed by atoms with Crippen molar-refractivity contribution in [2.45, 2.75) is 32.0 Å². The Hall–Kier alpha value is -1.46. The van der Waals surface area contributed by atoms with Crippen molar-refractivity contribution in [1.82, 2.24) is 10.3 Å². The maximum atomic E-state index is 12.9. The number of rotatable bonds is 6. The first-order valence-electron chi connectivity index (χ1n) is 6.84. The molecule has 0 bridgehead atoms. The summed E-state index contributed by atoms with van der Waals surface area (Å²) in [7, 11) is 2.01. The Morgan fingerprint density at radius 3 is 2.80 bits per heavy atom. The van der Waals surface area contributed by atoms with Crippen LogP contribution >= 0.6 is 11.3 Å². The van der Waals surface area contributed by atoms with E-state index < -0.39 is 0 Å². The first-order valence-corrected chi connectivity index (χ1v) is 7.66. The average Bonchev–Trinajstić information content (AvgIpc) is 3.15. The van der Waals surface area contributed by atoms with Crippen molar-refractivity contribution in [1.29, 1.82) is 0 Å². The predicted molar refractivity (Wildman–Crippen MR) is 80.5 cm³/mol. The van der Waals surface area contributed by atoms with Gasteiger partial charge in [-0.3, -0.25) is 0 Å². The molecule has 1 aromatic heterocycles. The molecule has 5 heteroatoms. The van der Waals surface area contributed by atoms with Crippen LogP contribution in [0.2, 0.25) is 0 Å². The van der Waals surface area contributed by atoms with Crippen molar-refractivity contribution < 1.29 is 4.39 Å². The molecule has 0 aliphatic heterocycles. The summed E-state index contributed by atoms with van der Waals surface area (Å²) in [5, 5.41) is 4.49. The molecule has 2 aromatic rings. The fourth-order valence-corrected chi connectivity index (χ4v) is 2.84. The minimum Gasteiger partial charge on any atom is -0.347 e. The Kier molecular flexibility index (Phi) is 3.98. The summed E-state index contributed by atoms with van der Waals surface area (Å²) in [6.07, 6.45) is 4.54. The molecule has 0 unspecified atom stereocenters. The fourth-order valence-electron chi connectivity index (χ4n) is 2.02. The second kappa shape index (κ2) is 5.89. The minimum atomic E-state index is -0.195. The molecule has 0 amide bonds. The van der Waals surface area contributed by atoms with Crippen molar-refractivity contribution in [2.24, 2.45) is 0 Å². The zero-order chi connectivity index (χ0) is 13.9. The average molecular weight is 291 g/mol. The van der Waals surface area contributed by atoms with Crippen LogP contribution in [0.3, 0.4) is 0 Å². The van der Waals surface area contributed by atoms with E-state index in [-0.39, 0.29) is 5.82 Å². The summed E-state index contributed by atoms with van der Waals surface area (Å²) >= 11 is 1.71. The molecule has 1 heterocycles. The number of anilines is 1. The van der Waals surface area contributed by atoms with Crippen LogP contribution < -0.4 is 10.2 Å². The zero-order valence-corrected chi connectivity index (χ0v) is 12.3. The van der Waals surface area contributed by atoms with E-state index in [9.17, 15) is 4.39 Å². The maximum Gasteiger partial charge on any atom is 0.185 e. The van der Waals surface area contributed by atoms with Crippen LogP contribution in [0.1, 0.15) is 23.3 Å². The second-order valence-electron chi connectivity index (χ2n) is 5.25. The highest BCUT2D eigenvalue weighted by atomic mass is 32.1. The van der Waals surface area contributed by atoms with Gasteiger partial charge in [-0.1, -0.05) is 12.1 Å². The van der Waals surface area contributed by atoms with Crippen molar-refractivity contribution in [3.63, 3.8) is 0 Å². The molecule has 0 radical (unpaired) electrons. The molecular weight excluding hydrogens is 273 g/mol. The van der Waals surface area contributed by atoms with Gasteiger partial charge in [0.25, 0.3) is 0 Å². The Labute approximate surface area is 122 Å². The molecule has 1 aromatic carbocycles. The maximum absolute atomic E-state index is 12.9. The lowest BCUT2D eigenvalue weighted by Gasteiger charge is -2.15. The number of hydrogen-bond acceptors (Lipinski definition) is 4. The SMILES string of the molecule is CN(Cc1ccc(F)cc1)c1ncc(CNC2CC2)s1. The predicted octanol–water partition coefficient (Wildman–Crippen LogP) is 3.17. The van der Waals surface area contributed by atoms with Crippen molar-refractivity contribution in [3.8, 4) is 0 Å². The molecule has 20 heavy (non-hydrogen) atoms. The molecule has 0 spiro atoms. The first kappa shape index (κ1) is 13.5. The third-order valence-electron chi connectivity index (χ3n) is 3.34. The number of hydrogen-bond donors (Lipinski definition) is 1.